The number of aromatic nitrogens is 1. The number of nitrogen functional groups attached to an aromatic ring is 1. The van der Waals surface area contributed by atoms with Crippen molar-refractivity contribution >= 4 is 38.3 Å². The Balaban J connectivity index is 1.97. The number of benzene rings is 1. The van der Waals surface area contributed by atoms with Gasteiger partial charge < -0.3 is 10.2 Å². The third kappa shape index (κ3) is 2.50. The number of anilines is 2. The van der Waals surface area contributed by atoms with Crippen LogP contribution in [0.15, 0.2) is 39.5 Å². The average Bonchev–Trinajstić information content (AvgIpc) is 2.76. The number of carbonyl (C=O) groups excluding carboxylic acids is 1. The van der Waals surface area contributed by atoms with Gasteiger partial charge in [-0.2, -0.15) is 0 Å². The standard InChI is InChI=1S/C14H11N3O3S/c1-7-11(15)21-14(16-7)17-12(18)9-6-8-4-2-3-5-10(8)20-13(9)19/h2-6H,15H2,1H3,(H,16,17,18). The Morgan fingerprint density at radius 3 is 2.86 bits per heavy atom. The van der Waals surface area contributed by atoms with E-state index < -0.39 is 11.5 Å². The van der Waals surface area contributed by atoms with Gasteiger partial charge in [-0.05, 0) is 19.1 Å². The molecule has 0 bridgehead atoms. The minimum atomic E-state index is -0.688. The molecule has 6 nitrogen and oxygen atoms in total. The lowest BCUT2D eigenvalue weighted by Gasteiger charge is -2.02. The molecular weight excluding hydrogens is 290 g/mol. The second-order valence-corrected chi connectivity index (χ2v) is 5.44. The molecule has 0 aliphatic rings. The summed E-state index contributed by atoms with van der Waals surface area (Å²) in [5.41, 5.74) is 6.00. The molecule has 0 atom stereocenters. The van der Waals surface area contributed by atoms with Crippen molar-refractivity contribution in [3.05, 3.63) is 52.0 Å². The van der Waals surface area contributed by atoms with Crippen molar-refractivity contribution in [2.24, 2.45) is 0 Å². The van der Waals surface area contributed by atoms with Crippen molar-refractivity contribution in [2.75, 3.05) is 11.1 Å². The fourth-order valence-electron chi connectivity index (χ4n) is 1.85. The highest BCUT2D eigenvalue weighted by molar-refractivity contribution is 7.19. The molecular formula is C14H11N3O3S. The fourth-order valence-corrected chi connectivity index (χ4v) is 2.57. The van der Waals surface area contributed by atoms with Crippen molar-refractivity contribution in [2.45, 2.75) is 6.92 Å². The SMILES string of the molecule is Cc1nc(NC(=O)c2cc3ccccc3oc2=O)sc1N. The summed E-state index contributed by atoms with van der Waals surface area (Å²) in [5.74, 6) is -0.566. The number of para-hydroxylation sites is 1. The molecule has 0 saturated carbocycles. The molecule has 0 fully saturated rings. The summed E-state index contributed by atoms with van der Waals surface area (Å²) < 4.78 is 5.12. The Kier molecular flexibility index (Phi) is 3.19. The van der Waals surface area contributed by atoms with Crippen LogP contribution in [0.3, 0.4) is 0 Å². The van der Waals surface area contributed by atoms with Gasteiger partial charge in [-0.1, -0.05) is 29.5 Å². The van der Waals surface area contributed by atoms with Crippen molar-refractivity contribution in [3.8, 4) is 0 Å². The van der Waals surface area contributed by atoms with E-state index in [1.807, 2.05) is 0 Å². The molecule has 3 aromatic rings. The quantitative estimate of drug-likeness (QED) is 0.708. The maximum atomic E-state index is 12.2. The molecule has 3 rings (SSSR count). The molecule has 0 spiro atoms. The van der Waals surface area contributed by atoms with E-state index in [-0.39, 0.29) is 5.56 Å². The summed E-state index contributed by atoms with van der Waals surface area (Å²) in [4.78, 5) is 28.1. The molecule has 21 heavy (non-hydrogen) atoms. The summed E-state index contributed by atoms with van der Waals surface area (Å²) in [6.07, 6.45) is 0. The highest BCUT2D eigenvalue weighted by atomic mass is 32.1. The lowest BCUT2D eigenvalue weighted by atomic mass is 10.2. The van der Waals surface area contributed by atoms with E-state index in [0.29, 0.717) is 26.8 Å². The number of rotatable bonds is 2. The molecule has 1 aromatic carbocycles. The van der Waals surface area contributed by atoms with E-state index in [4.69, 9.17) is 10.2 Å². The van der Waals surface area contributed by atoms with Gasteiger partial charge in [-0.15, -0.1) is 0 Å². The Morgan fingerprint density at radius 2 is 2.14 bits per heavy atom. The molecule has 0 saturated heterocycles. The first-order valence-electron chi connectivity index (χ1n) is 6.12. The second kappa shape index (κ2) is 5.02. The van der Waals surface area contributed by atoms with E-state index >= 15 is 0 Å². The number of hydrogen-bond acceptors (Lipinski definition) is 6. The summed E-state index contributed by atoms with van der Waals surface area (Å²) in [5, 5.41) is 4.11. The van der Waals surface area contributed by atoms with Crippen molar-refractivity contribution in [1.29, 1.82) is 0 Å². The second-order valence-electron chi connectivity index (χ2n) is 4.41. The highest BCUT2D eigenvalue weighted by Crippen LogP contribution is 2.24. The van der Waals surface area contributed by atoms with Crippen molar-refractivity contribution in [1.82, 2.24) is 4.98 Å². The van der Waals surface area contributed by atoms with Crippen LogP contribution in [-0.4, -0.2) is 10.9 Å². The van der Waals surface area contributed by atoms with E-state index in [9.17, 15) is 9.59 Å². The molecule has 0 unspecified atom stereocenters. The third-order valence-corrected chi connectivity index (χ3v) is 3.84. The van der Waals surface area contributed by atoms with E-state index in [1.54, 1.807) is 31.2 Å². The zero-order valence-corrected chi connectivity index (χ0v) is 11.9. The Bertz CT molecular complexity index is 878. The molecule has 106 valence electrons. The number of fused-ring (bicyclic) bond motifs is 1. The fraction of sp³-hybridized carbons (Fsp3) is 0.0714. The van der Waals surface area contributed by atoms with Gasteiger partial charge >= 0.3 is 5.63 Å². The lowest BCUT2D eigenvalue weighted by Crippen LogP contribution is -2.20. The smallest absolute Gasteiger partial charge is 0.349 e. The molecule has 1 amide bonds. The number of nitrogens with one attached hydrogen (secondary N) is 1. The number of carbonyl (C=O) groups is 1. The van der Waals surface area contributed by atoms with E-state index in [0.717, 1.165) is 11.3 Å². The van der Waals surface area contributed by atoms with Crippen LogP contribution in [0.4, 0.5) is 10.1 Å². The van der Waals surface area contributed by atoms with Crippen LogP contribution in [0.2, 0.25) is 0 Å². The number of nitrogens with two attached hydrogens (primary N) is 1. The number of nitrogens with zero attached hydrogens (tertiary/aromatic N) is 1. The maximum absolute atomic E-state index is 12.2. The molecule has 3 N–H and O–H groups in total. The van der Waals surface area contributed by atoms with Gasteiger partial charge in [0.15, 0.2) is 5.13 Å². The third-order valence-electron chi connectivity index (χ3n) is 2.94. The monoisotopic (exact) mass is 301 g/mol. The van der Waals surface area contributed by atoms with Gasteiger partial charge in [0.05, 0.1) is 5.69 Å². The predicted octanol–water partition coefficient (Wildman–Crippen LogP) is 2.39. The van der Waals surface area contributed by atoms with Crippen molar-refractivity contribution < 1.29 is 9.21 Å². The van der Waals surface area contributed by atoms with Gasteiger partial charge in [-0.25, -0.2) is 9.78 Å². The average molecular weight is 301 g/mol. The largest absolute Gasteiger partial charge is 0.422 e. The highest BCUT2D eigenvalue weighted by Gasteiger charge is 2.15. The molecule has 2 heterocycles. The first-order valence-corrected chi connectivity index (χ1v) is 6.93. The molecule has 0 aliphatic carbocycles. The van der Waals surface area contributed by atoms with Crippen LogP contribution < -0.4 is 16.7 Å². The molecule has 0 radical (unpaired) electrons. The van der Waals surface area contributed by atoms with Crippen LogP contribution in [0.5, 0.6) is 0 Å². The minimum Gasteiger partial charge on any atom is -0.422 e. The first-order chi connectivity index (χ1) is 10.0. The van der Waals surface area contributed by atoms with E-state index in [2.05, 4.69) is 10.3 Å². The van der Waals surface area contributed by atoms with Crippen LogP contribution in [0, 0.1) is 6.92 Å². The van der Waals surface area contributed by atoms with Crippen LogP contribution >= 0.6 is 11.3 Å². The van der Waals surface area contributed by atoms with Crippen LogP contribution in [0.1, 0.15) is 16.1 Å². The maximum Gasteiger partial charge on any atom is 0.349 e. The summed E-state index contributed by atoms with van der Waals surface area (Å²) >= 11 is 1.15. The van der Waals surface area contributed by atoms with Crippen molar-refractivity contribution in [3.63, 3.8) is 0 Å². The van der Waals surface area contributed by atoms with Crippen LogP contribution in [0.25, 0.3) is 11.0 Å². The lowest BCUT2D eigenvalue weighted by molar-refractivity contribution is 0.102. The zero-order valence-electron chi connectivity index (χ0n) is 11.0. The minimum absolute atomic E-state index is 0.0693. The zero-order chi connectivity index (χ0) is 15.0. The summed E-state index contributed by atoms with van der Waals surface area (Å²) in [6.45, 7) is 1.74. The summed E-state index contributed by atoms with van der Waals surface area (Å²) in [6, 6.07) is 8.49. The van der Waals surface area contributed by atoms with Crippen LogP contribution in [-0.2, 0) is 0 Å². The Morgan fingerprint density at radius 1 is 1.38 bits per heavy atom. The molecule has 2 aromatic heterocycles. The Hall–Kier alpha value is -2.67. The Labute approximate surface area is 123 Å². The van der Waals surface area contributed by atoms with Gasteiger partial charge in [0.25, 0.3) is 5.91 Å². The summed E-state index contributed by atoms with van der Waals surface area (Å²) in [7, 11) is 0. The molecule has 0 aliphatic heterocycles. The van der Waals surface area contributed by atoms with Gasteiger partial charge in [0.2, 0.25) is 0 Å². The number of aryl methyl sites for hydroxylation is 1. The molecule has 7 heteroatoms. The topological polar surface area (TPSA) is 98.2 Å². The van der Waals surface area contributed by atoms with Gasteiger partial charge in [0, 0.05) is 5.39 Å². The van der Waals surface area contributed by atoms with Gasteiger partial charge in [0.1, 0.15) is 16.1 Å². The predicted molar refractivity (Wildman–Crippen MR) is 81.7 cm³/mol. The number of thiazole rings is 1. The first kappa shape index (κ1) is 13.3. The number of hydrogen-bond donors (Lipinski definition) is 2. The van der Waals surface area contributed by atoms with Gasteiger partial charge in [-0.3, -0.25) is 10.1 Å². The number of amides is 1. The van der Waals surface area contributed by atoms with E-state index in [1.165, 1.54) is 6.07 Å². The normalized spacial score (nSPS) is 10.7.